The van der Waals surface area contributed by atoms with Crippen LogP contribution in [0.3, 0.4) is 0 Å². The van der Waals surface area contributed by atoms with Crippen molar-refractivity contribution in [2.24, 2.45) is 5.73 Å². The Kier molecular flexibility index (Phi) is 5.34. The largest absolute Gasteiger partial charge is 0.457 e. The van der Waals surface area contributed by atoms with E-state index in [1.165, 1.54) is 0 Å². The van der Waals surface area contributed by atoms with Crippen molar-refractivity contribution in [3.8, 4) is 34.1 Å². The minimum atomic E-state index is -0.114. The summed E-state index contributed by atoms with van der Waals surface area (Å²) in [5.41, 5.74) is 8.45. The molecular formula is C23H20N6O. The van der Waals surface area contributed by atoms with Crippen molar-refractivity contribution >= 4 is 11.7 Å². The van der Waals surface area contributed by atoms with Crippen molar-refractivity contribution in [1.29, 1.82) is 5.41 Å². The summed E-state index contributed by atoms with van der Waals surface area (Å²) in [4.78, 5) is 13.4. The van der Waals surface area contributed by atoms with Gasteiger partial charge in [-0.25, -0.2) is 9.97 Å². The predicted octanol–water partition coefficient (Wildman–Crippen LogP) is 4.32. The summed E-state index contributed by atoms with van der Waals surface area (Å²) in [5.74, 6) is 2.32. The maximum atomic E-state index is 8.06. The van der Waals surface area contributed by atoms with E-state index >= 15 is 0 Å². The van der Waals surface area contributed by atoms with Gasteiger partial charge in [0.25, 0.3) is 0 Å². The SMILES string of the molecule is CNc1nc(-c2cccnc2)nc(-c2ccc(Oc3ccccc3)cc2)c1C(=N)N. The molecule has 0 saturated heterocycles. The Morgan fingerprint density at radius 3 is 2.27 bits per heavy atom. The predicted molar refractivity (Wildman–Crippen MR) is 118 cm³/mol. The normalized spacial score (nSPS) is 10.4. The minimum Gasteiger partial charge on any atom is -0.457 e. The molecule has 0 spiro atoms. The van der Waals surface area contributed by atoms with E-state index in [2.05, 4.69) is 15.3 Å². The molecule has 2 heterocycles. The number of rotatable bonds is 6. The first-order valence-electron chi connectivity index (χ1n) is 9.33. The third-order valence-corrected chi connectivity index (χ3v) is 4.44. The second kappa shape index (κ2) is 8.40. The molecule has 148 valence electrons. The van der Waals surface area contributed by atoms with Crippen molar-refractivity contribution < 1.29 is 4.74 Å². The molecule has 4 aromatic rings. The lowest BCUT2D eigenvalue weighted by Crippen LogP contribution is -2.17. The van der Waals surface area contributed by atoms with Gasteiger partial charge in [-0.15, -0.1) is 0 Å². The summed E-state index contributed by atoms with van der Waals surface area (Å²) in [6.07, 6.45) is 3.39. The van der Waals surface area contributed by atoms with Crippen LogP contribution in [0, 0.1) is 5.41 Å². The average Bonchev–Trinajstić information content (AvgIpc) is 2.80. The Hall–Kier alpha value is -4.26. The zero-order chi connectivity index (χ0) is 20.9. The summed E-state index contributed by atoms with van der Waals surface area (Å²) in [7, 11) is 1.74. The average molecular weight is 396 g/mol. The number of para-hydroxylation sites is 1. The molecule has 4 rings (SSSR count). The summed E-state index contributed by atoms with van der Waals surface area (Å²) in [6, 6.07) is 20.8. The smallest absolute Gasteiger partial charge is 0.163 e. The highest BCUT2D eigenvalue weighted by Crippen LogP contribution is 2.31. The van der Waals surface area contributed by atoms with Gasteiger partial charge in [-0.2, -0.15) is 0 Å². The molecule has 0 amide bonds. The van der Waals surface area contributed by atoms with E-state index in [4.69, 9.17) is 20.9 Å². The van der Waals surface area contributed by atoms with Crippen LogP contribution in [0.2, 0.25) is 0 Å². The standard InChI is InChI=1S/C23H20N6O/c1-26-23-19(21(24)25)20(28-22(29-23)16-6-5-13-27-14-16)15-9-11-18(12-10-15)30-17-7-3-2-4-8-17/h2-14H,1H3,(H3,24,25)(H,26,28,29). The van der Waals surface area contributed by atoms with Crippen LogP contribution in [-0.2, 0) is 0 Å². The number of hydrogen-bond acceptors (Lipinski definition) is 6. The van der Waals surface area contributed by atoms with Gasteiger partial charge in [0, 0.05) is 30.6 Å². The Morgan fingerprint density at radius 2 is 1.63 bits per heavy atom. The van der Waals surface area contributed by atoms with Crippen LogP contribution in [0.1, 0.15) is 5.56 Å². The zero-order valence-corrected chi connectivity index (χ0v) is 16.3. The van der Waals surface area contributed by atoms with Crippen LogP contribution in [0.4, 0.5) is 5.82 Å². The van der Waals surface area contributed by atoms with Gasteiger partial charge in [0.1, 0.15) is 23.2 Å². The van der Waals surface area contributed by atoms with Crippen LogP contribution in [0.5, 0.6) is 11.5 Å². The summed E-state index contributed by atoms with van der Waals surface area (Å²) in [6.45, 7) is 0. The van der Waals surface area contributed by atoms with Crippen molar-refractivity contribution in [2.75, 3.05) is 12.4 Å². The van der Waals surface area contributed by atoms with E-state index in [0.717, 1.165) is 16.9 Å². The maximum absolute atomic E-state index is 8.06. The quantitative estimate of drug-likeness (QED) is 0.331. The van der Waals surface area contributed by atoms with E-state index < -0.39 is 0 Å². The third kappa shape index (κ3) is 3.95. The van der Waals surface area contributed by atoms with Gasteiger partial charge < -0.3 is 15.8 Å². The molecule has 0 aliphatic carbocycles. The number of hydrogen-bond donors (Lipinski definition) is 3. The number of nitrogens with two attached hydrogens (primary N) is 1. The topological polar surface area (TPSA) is 110 Å². The highest BCUT2D eigenvalue weighted by molar-refractivity contribution is 6.05. The van der Waals surface area contributed by atoms with Crippen molar-refractivity contribution in [3.05, 3.63) is 84.7 Å². The molecule has 0 aliphatic heterocycles. The van der Waals surface area contributed by atoms with Gasteiger partial charge in [0.05, 0.1) is 11.3 Å². The number of benzene rings is 2. The Morgan fingerprint density at radius 1 is 0.900 bits per heavy atom. The molecule has 0 fully saturated rings. The molecule has 4 N–H and O–H groups in total. The molecule has 0 unspecified atom stereocenters. The van der Waals surface area contributed by atoms with E-state index in [-0.39, 0.29) is 5.84 Å². The third-order valence-electron chi connectivity index (χ3n) is 4.44. The van der Waals surface area contributed by atoms with Crippen LogP contribution in [-0.4, -0.2) is 27.8 Å². The molecule has 30 heavy (non-hydrogen) atoms. The summed E-state index contributed by atoms with van der Waals surface area (Å²) < 4.78 is 5.86. The lowest BCUT2D eigenvalue weighted by molar-refractivity contribution is 0.483. The number of aromatic nitrogens is 3. The molecule has 7 heteroatoms. The lowest BCUT2D eigenvalue weighted by Gasteiger charge is -2.15. The first kappa shape index (κ1) is 19.1. The van der Waals surface area contributed by atoms with Crippen LogP contribution in [0.15, 0.2) is 79.1 Å². The van der Waals surface area contributed by atoms with Crippen molar-refractivity contribution in [1.82, 2.24) is 15.0 Å². The molecular weight excluding hydrogens is 376 g/mol. The second-order valence-electron chi connectivity index (χ2n) is 6.46. The van der Waals surface area contributed by atoms with Gasteiger partial charge >= 0.3 is 0 Å². The molecule has 0 radical (unpaired) electrons. The molecule has 0 saturated carbocycles. The van der Waals surface area contributed by atoms with Crippen LogP contribution < -0.4 is 15.8 Å². The highest BCUT2D eigenvalue weighted by Gasteiger charge is 2.18. The van der Waals surface area contributed by atoms with E-state index in [0.29, 0.717) is 28.6 Å². The molecule has 0 aliphatic rings. The van der Waals surface area contributed by atoms with Gasteiger partial charge in [-0.3, -0.25) is 10.4 Å². The van der Waals surface area contributed by atoms with Gasteiger partial charge in [-0.05, 0) is 48.5 Å². The fourth-order valence-corrected chi connectivity index (χ4v) is 3.04. The number of nitrogens with zero attached hydrogens (tertiary/aromatic N) is 3. The molecule has 0 atom stereocenters. The number of nitrogens with one attached hydrogen (secondary N) is 2. The van der Waals surface area contributed by atoms with Crippen LogP contribution >= 0.6 is 0 Å². The lowest BCUT2D eigenvalue weighted by atomic mass is 10.0. The molecule has 2 aromatic heterocycles. The Labute approximate surface area is 174 Å². The minimum absolute atomic E-state index is 0.114. The fraction of sp³-hybridized carbons (Fsp3) is 0.0435. The first-order valence-corrected chi connectivity index (χ1v) is 9.33. The number of anilines is 1. The monoisotopic (exact) mass is 396 g/mol. The molecule has 0 bridgehead atoms. The van der Waals surface area contributed by atoms with Gasteiger partial charge in [0.2, 0.25) is 0 Å². The number of amidine groups is 1. The summed E-state index contributed by atoms with van der Waals surface area (Å²) >= 11 is 0. The van der Waals surface area contributed by atoms with E-state index in [9.17, 15) is 0 Å². The van der Waals surface area contributed by atoms with Crippen LogP contribution in [0.25, 0.3) is 22.6 Å². The van der Waals surface area contributed by atoms with E-state index in [1.54, 1.807) is 19.4 Å². The highest BCUT2D eigenvalue weighted by atomic mass is 16.5. The molecule has 7 nitrogen and oxygen atoms in total. The summed E-state index contributed by atoms with van der Waals surface area (Å²) in [5, 5.41) is 11.1. The first-order chi connectivity index (χ1) is 14.7. The Bertz CT molecular complexity index is 1160. The zero-order valence-electron chi connectivity index (χ0n) is 16.3. The van der Waals surface area contributed by atoms with Crippen molar-refractivity contribution in [3.63, 3.8) is 0 Å². The Balaban J connectivity index is 1.77. The van der Waals surface area contributed by atoms with Crippen molar-refractivity contribution in [2.45, 2.75) is 0 Å². The van der Waals surface area contributed by atoms with E-state index in [1.807, 2.05) is 66.7 Å². The van der Waals surface area contributed by atoms with Gasteiger partial charge in [0.15, 0.2) is 5.82 Å². The van der Waals surface area contributed by atoms with Gasteiger partial charge in [-0.1, -0.05) is 18.2 Å². The maximum Gasteiger partial charge on any atom is 0.163 e. The number of pyridine rings is 1. The second-order valence-corrected chi connectivity index (χ2v) is 6.46. The number of nitrogen functional groups attached to an aromatic ring is 1. The number of ether oxygens (including phenoxy) is 1. The molecule has 2 aromatic carbocycles. The fourth-order valence-electron chi connectivity index (χ4n) is 3.04.